The first-order valence-electron chi connectivity index (χ1n) is 10.4. The Morgan fingerprint density at radius 2 is 1.74 bits per heavy atom. The molecule has 8 nitrogen and oxygen atoms in total. The van der Waals surface area contributed by atoms with Gasteiger partial charge in [-0.3, -0.25) is 9.59 Å². The minimum atomic E-state index is -0.419. The molecule has 4 N–H and O–H groups in total. The third-order valence-electron chi connectivity index (χ3n) is 5.21. The molecule has 1 aliphatic rings. The first-order valence-corrected chi connectivity index (χ1v) is 10.4. The van der Waals surface area contributed by atoms with E-state index in [1.165, 1.54) is 12.8 Å². The van der Waals surface area contributed by atoms with E-state index in [2.05, 4.69) is 21.3 Å². The topological polar surface area (TPSA) is 109 Å². The molecule has 31 heavy (non-hydrogen) atoms. The standard InChI is InChI=1S/C23H28N4O4/c1-31-18-10-6-9-17(13-18)26-22(29)19-11-4-5-12-20(19)27-21(28)15-25-23(30)24-14-16-7-2-3-8-16/h4-6,9-13,16H,2-3,7-8,14-15H2,1H3,(H,26,29)(H,27,28)(H2,24,25,30). The van der Waals surface area contributed by atoms with E-state index in [1.807, 2.05) is 0 Å². The van der Waals surface area contributed by atoms with Gasteiger partial charge in [0.25, 0.3) is 5.91 Å². The van der Waals surface area contributed by atoms with Gasteiger partial charge in [0.1, 0.15) is 5.75 Å². The summed E-state index contributed by atoms with van der Waals surface area (Å²) in [6.07, 6.45) is 4.69. The van der Waals surface area contributed by atoms with Gasteiger partial charge in [-0.1, -0.05) is 31.0 Å². The lowest BCUT2D eigenvalue weighted by atomic mass is 10.1. The SMILES string of the molecule is COc1cccc(NC(=O)c2ccccc2NC(=O)CNC(=O)NCC2CCCC2)c1. The molecular formula is C23H28N4O4. The van der Waals surface area contributed by atoms with Crippen LogP contribution in [0.2, 0.25) is 0 Å². The molecule has 3 rings (SSSR count). The minimum absolute atomic E-state index is 0.192. The predicted octanol–water partition coefficient (Wildman–Crippen LogP) is 3.38. The molecule has 8 heteroatoms. The Hall–Kier alpha value is -3.55. The fraction of sp³-hybridized carbons (Fsp3) is 0.348. The molecule has 0 unspecified atom stereocenters. The Labute approximate surface area is 181 Å². The van der Waals surface area contributed by atoms with Crippen LogP contribution in [0.3, 0.4) is 0 Å². The lowest BCUT2D eigenvalue weighted by Crippen LogP contribution is -2.41. The summed E-state index contributed by atoms with van der Waals surface area (Å²) in [6.45, 7) is 0.434. The van der Waals surface area contributed by atoms with Gasteiger partial charge < -0.3 is 26.0 Å². The molecule has 2 aromatic rings. The van der Waals surface area contributed by atoms with E-state index >= 15 is 0 Å². The van der Waals surface area contributed by atoms with Crippen molar-refractivity contribution in [2.45, 2.75) is 25.7 Å². The van der Waals surface area contributed by atoms with Gasteiger partial charge in [-0.15, -0.1) is 0 Å². The number of amides is 4. The van der Waals surface area contributed by atoms with Crippen molar-refractivity contribution in [2.24, 2.45) is 5.92 Å². The summed E-state index contributed by atoms with van der Waals surface area (Å²) >= 11 is 0. The van der Waals surface area contributed by atoms with Crippen molar-refractivity contribution in [1.29, 1.82) is 0 Å². The van der Waals surface area contributed by atoms with Gasteiger partial charge in [-0.05, 0) is 43.0 Å². The number of methoxy groups -OCH3 is 1. The molecule has 1 saturated carbocycles. The van der Waals surface area contributed by atoms with E-state index in [0.29, 0.717) is 35.2 Å². The average molecular weight is 425 g/mol. The van der Waals surface area contributed by atoms with Crippen LogP contribution in [0.25, 0.3) is 0 Å². The first kappa shape index (κ1) is 22.1. The molecule has 0 saturated heterocycles. The Morgan fingerprint density at radius 3 is 2.52 bits per heavy atom. The number of anilines is 2. The summed E-state index contributed by atoms with van der Waals surface area (Å²) < 4.78 is 5.16. The highest BCUT2D eigenvalue weighted by Gasteiger charge is 2.17. The van der Waals surface area contributed by atoms with Crippen molar-refractivity contribution < 1.29 is 19.1 Å². The van der Waals surface area contributed by atoms with Crippen LogP contribution < -0.4 is 26.0 Å². The van der Waals surface area contributed by atoms with Gasteiger partial charge in [-0.2, -0.15) is 0 Å². The van der Waals surface area contributed by atoms with Crippen LogP contribution >= 0.6 is 0 Å². The summed E-state index contributed by atoms with van der Waals surface area (Å²) in [5.41, 5.74) is 1.25. The van der Waals surface area contributed by atoms with Crippen LogP contribution in [0.15, 0.2) is 48.5 Å². The monoisotopic (exact) mass is 424 g/mol. The maximum Gasteiger partial charge on any atom is 0.315 e. The molecule has 0 heterocycles. The maximum absolute atomic E-state index is 12.7. The first-order chi connectivity index (χ1) is 15.0. The number of hydrogen-bond acceptors (Lipinski definition) is 4. The Morgan fingerprint density at radius 1 is 0.968 bits per heavy atom. The van der Waals surface area contributed by atoms with Gasteiger partial charge in [0, 0.05) is 18.3 Å². The van der Waals surface area contributed by atoms with Gasteiger partial charge in [0.2, 0.25) is 5.91 Å². The quantitative estimate of drug-likeness (QED) is 0.521. The summed E-state index contributed by atoms with van der Waals surface area (Å²) in [5.74, 6) is 0.357. The fourth-order valence-electron chi connectivity index (χ4n) is 3.56. The average Bonchev–Trinajstić information content (AvgIpc) is 3.30. The summed E-state index contributed by atoms with van der Waals surface area (Å²) in [4.78, 5) is 36.9. The molecule has 0 aromatic heterocycles. The van der Waals surface area contributed by atoms with Crippen LogP contribution in [0.5, 0.6) is 5.75 Å². The third-order valence-corrected chi connectivity index (χ3v) is 5.21. The second kappa shape index (κ2) is 11.0. The van der Waals surface area contributed by atoms with Crippen LogP contribution in [0.4, 0.5) is 16.2 Å². The van der Waals surface area contributed by atoms with Crippen molar-refractivity contribution in [3.8, 4) is 5.75 Å². The van der Waals surface area contributed by atoms with Crippen molar-refractivity contribution >= 4 is 29.2 Å². The van der Waals surface area contributed by atoms with Gasteiger partial charge in [0.05, 0.1) is 24.9 Å². The summed E-state index contributed by atoms with van der Waals surface area (Å²) in [7, 11) is 1.55. The zero-order valence-corrected chi connectivity index (χ0v) is 17.6. The molecule has 0 radical (unpaired) electrons. The minimum Gasteiger partial charge on any atom is -0.497 e. The van der Waals surface area contributed by atoms with Crippen LogP contribution in [0.1, 0.15) is 36.0 Å². The van der Waals surface area contributed by atoms with Crippen molar-refractivity contribution in [3.63, 3.8) is 0 Å². The zero-order chi connectivity index (χ0) is 22.1. The van der Waals surface area contributed by atoms with E-state index in [4.69, 9.17) is 4.74 Å². The number of rotatable bonds is 8. The number of para-hydroxylation sites is 1. The number of carbonyl (C=O) groups is 3. The number of benzene rings is 2. The number of ether oxygens (including phenoxy) is 1. The van der Waals surface area contributed by atoms with Gasteiger partial charge >= 0.3 is 6.03 Å². The predicted molar refractivity (Wildman–Crippen MR) is 119 cm³/mol. The van der Waals surface area contributed by atoms with Gasteiger partial charge in [-0.25, -0.2) is 4.79 Å². The van der Waals surface area contributed by atoms with E-state index in [0.717, 1.165) is 12.8 Å². The van der Waals surface area contributed by atoms with E-state index in [9.17, 15) is 14.4 Å². The number of hydrogen-bond donors (Lipinski definition) is 4. The Balaban J connectivity index is 1.52. The largest absolute Gasteiger partial charge is 0.497 e. The molecule has 2 aromatic carbocycles. The second-order valence-corrected chi connectivity index (χ2v) is 7.49. The zero-order valence-electron chi connectivity index (χ0n) is 17.6. The molecule has 164 valence electrons. The van der Waals surface area contributed by atoms with Crippen LogP contribution in [-0.4, -0.2) is 38.0 Å². The summed E-state index contributed by atoms with van der Waals surface area (Å²) in [6, 6.07) is 13.3. The van der Waals surface area contributed by atoms with Crippen LogP contribution in [0, 0.1) is 5.92 Å². The highest BCUT2D eigenvalue weighted by Crippen LogP contribution is 2.23. The maximum atomic E-state index is 12.7. The normalized spacial score (nSPS) is 13.3. The number of carbonyl (C=O) groups excluding carboxylic acids is 3. The number of urea groups is 1. The second-order valence-electron chi connectivity index (χ2n) is 7.49. The molecule has 0 spiro atoms. The van der Waals surface area contributed by atoms with Gasteiger partial charge in [0.15, 0.2) is 0 Å². The van der Waals surface area contributed by atoms with Crippen molar-refractivity contribution in [2.75, 3.05) is 30.8 Å². The molecule has 1 fully saturated rings. The smallest absolute Gasteiger partial charge is 0.315 e. The molecule has 0 atom stereocenters. The lowest BCUT2D eigenvalue weighted by molar-refractivity contribution is -0.115. The summed E-state index contributed by atoms with van der Waals surface area (Å²) in [5, 5.41) is 10.8. The fourth-order valence-corrected chi connectivity index (χ4v) is 3.56. The van der Waals surface area contributed by atoms with Crippen molar-refractivity contribution in [1.82, 2.24) is 10.6 Å². The molecule has 0 bridgehead atoms. The molecular weight excluding hydrogens is 396 g/mol. The molecule has 1 aliphatic carbocycles. The van der Waals surface area contributed by atoms with Crippen LogP contribution in [-0.2, 0) is 4.79 Å². The van der Waals surface area contributed by atoms with E-state index in [-0.39, 0.29) is 18.5 Å². The van der Waals surface area contributed by atoms with E-state index in [1.54, 1.807) is 55.6 Å². The third kappa shape index (κ3) is 6.74. The highest BCUT2D eigenvalue weighted by atomic mass is 16.5. The Bertz CT molecular complexity index is 925. The van der Waals surface area contributed by atoms with Crippen molar-refractivity contribution in [3.05, 3.63) is 54.1 Å². The van der Waals surface area contributed by atoms with E-state index < -0.39 is 5.91 Å². The lowest BCUT2D eigenvalue weighted by Gasteiger charge is -2.13. The Kier molecular flexibility index (Phi) is 7.86. The number of nitrogens with one attached hydrogen (secondary N) is 4. The molecule has 4 amide bonds. The highest BCUT2D eigenvalue weighted by molar-refractivity contribution is 6.10. The molecule has 0 aliphatic heterocycles.